The summed E-state index contributed by atoms with van der Waals surface area (Å²) >= 11 is 1.34. The predicted molar refractivity (Wildman–Crippen MR) is 114 cm³/mol. The van der Waals surface area contributed by atoms with E-state index in [1.54, 1.807) is 24.3 Å². The average molecular weight is 404 g/mol. The Kier molecular flexibility index (Phi) is 5.03. The lowest BCUT2D eigenvalue weighted by atomic mass is 9.99. The van der Waals surface area contributed by atoms with Crippen LogP contribution in [-0.2, 0) is 4.79 Å². The van der Waals surface area contributed by atoms with Gasteiger partial charge in [0.25, 0.3) is 5.91 Å². The minimum Gasteiger partial charge on any atom is -0.366 e. The molecule has 1 heterocycles. The Morgan fingerprint density at radius 2 is 1.79 bits per heavy atom. The first-order chi connectivity index (χ1) is 14.0. The van der Waals surface area contributed by atoms with Crippen LogP contribution in [0.15, 0.2) is 60.7 Å². The number of hydrogen-bond donors (Lipinski definition) is 2. The molecule has 3 N–H and O–H groups in total. The zero-order chi connectivity index (χ0) is 20.5. The van der Waals surface area contributed by atoms with Crippen LogP contribution in [0.3, 0.4) is 0 Å². The molecule has 2 aromatic carbocycles. The van der Waals surface area contributed by atoms with E-state index >= 15 is 0 Å². The summed E-state index contributed by atoms with van der Waals surface area (Å²) in [7, 11) is 0. The molecule has 6 heteroatoms. The number of carbonyl (C=O) groups is 3. The fraction of sp³-hybridized carbons (Fsp3) is 0.174. The van der Waals surface area contributed by atoms with E-state index in [9.17, 15) is 14.4 Å². The second-order valence-electron chi connectivity index (χ2n) is 7.14. The molecule has 29 heavy (non-hydrogen) atoms. The van der Waals surface area contributed by atoms with E-state index in [1.165, 1.54) is 11.3 Å². The summed E-state index contributed by atoms with van der Waals surface area (Å²) in [6, 6.07) is 18.8. The van der Waals surface area contributed by atoms with Gasteiger partial charge in [-0.15, -0.1) is 11.3 Å². The van der Waals surface area contributed by atoms with E-state index in [2.05, 4.69) is 5.32 Å². The minimum atomic E-state index is -0.592. The highest BCUT2D eigenvalue weighted by Gasteiger charge is 2.34. The van der Waals surface area contributed by atoms with Gasteiger partial charge in [0.2, 0.25) is 5.91 Å². The molecule has 0 fully saturated rings. The molecular weight excluding hydrogens is 384 g/mol. The molecule has 3 aromatic rings. The maximum Gasteiger partial charge on any atom is 0.251 e. The third kappa shape index (κ3) is 3.59. The van der Waals surface area contributed by atoms with Crippen molar-refractivity contribution in [3.63, 3.8) is 0 Å². The van der Waals surface area contributed by atoms with E-state index in [-0.39, 0.29) is 24.0 Å². The van der Waals surface area contributed by atoms with Gasteiger partial charge in [0, 0.05) is 22.8 Å². The normalized spacial score (nSPS) is 16.3. The summed E-state index contributed by atoms with van der Waals surface area (Å²) in [6.07, 6.45) is 0.135. The van der Waals surface area contributed by atoms with Crippen LogP contribution in [0.2, 0.25) is 0 Å². The van der Waals surface area contributed by atoms with Gasteiger partial charge < -0.3 is 11.1 Å². The Balaban J connectivity index is 1.62. The highest BCUT2D eigenvalue weighted by molar-refractivity contribution is 7.16. The average Bonchev–Trinajstić information content (AvgIpc) is 3.30. The zero-order valence-electron chi connectivity index (χ0n) is 15.8. The summed E-state index contributed by atoms with van der Waals surface area (Å²) in [6.45, 7) is 2.05. The number of primary amides is 1. The number of nitrogens with two attached hydrogens (primary N) is 1. The molecule has 0 spiro atoms. The Morgan fingerprint density at radius 3 is 2.52 bits per heavy atom. The van der Waals surface area contributed by atoms with Crippen LogP contribution in [0.1, 0.15) is 61.9 Å². The van der Waals surface area contributed by atoms with E-state index < -0.39 is 11.8 Å². The number of nitrogens with one attached hydrogen (secondary N) is 1. The summed E-state index contributed by atoms with van der Waals surface area (Å²) in [5.74, 6) is -1.44. The number of Topliss-reactive ketones (excluding diaryl/α,β-unsaturated/α-hetero) is 1. The number of benzene rings is 2. The predicted octanol–water partition coefficient (Wildman–Crippen LogP) is 4.31. The van der Waals surface area contributed by atoms with Crippen molar-refractivity contribution in [1.29, 1.82) is 0 Å². The molecule has 0 radical (unpaired) electrons. The van der Waals surface area contributed by atoms with Gasteiger partial charge in [-0.05, 0) is 17.2 Å². The second kappa shape index (κ2) is 7.64. The first kappa shape index (κ1) is 19.1. The smallest absolute Gasteiger partial charge is 0.251 e. The van der Waals surface area contributed by atoms with Crippen LogP contribution in [-0.4, -0.2) is 17.6 Å². The van der Waals surface area contributed by atoms with Gasteiger partial charge >= 0.3 is 0 Å². The first-order valence-corrected chi connectivity index (χ1v) is 10.2. The van der Waals surface area contributed by atoms with Crippen LogP contribution in [0, 0.1) is 0 Å². The van der Waals surface area contributed by atoms with Gasteiger partial charge in [-0.25, -0.2) is 0 Å². The lowest BCUT2D eigenvalue weighted by Crippen LogP contribution is -2.21. The Morgan fingerprint density at radius 1 is 1.10 bits per heavy atom. The van der Waals surface area contributed by atoms with Crippen molar-refractivity contribution in [2.45, 2.75) is 25.2 Å². The highest BCUT2D eigenvalue weighted by Crippen LogP contribution is 2.38. The summed E-state index contributed by atoms with van der Waals surface area (Å²) < 4.78 is 0. The van der Waals surface area contributed by atoms with E-state index in [4.69, 9.17) is 5.73 Å². The van der Waals surface area contributed by atoms with E-state index in [0.29, 0.717) is 16.1 Å². The maximum atomic E-state index is 12.9. The number of fused-ring (bicyclic) bond motifs is 1. The molecule has 2 amide bonds. The van der Waals surface area contributed by atoms with Gasteiger partial charge in [0.1, 0.15) is 5.00 Å². The van der Waals surface area contributed by atoms with Crippen molar-refractivity contribution >= 4 is 33.9 Å². The Labute approximate surface area is 172 Å². The standard InChI is InChI=1S/C23H20N2O3S/c1-13(14-7-3-2-4-8-14)20-12-18(21(24)27)23(29-20)25-22(28)17-11-19(26)16-10-6-5-9-15(16)17/h2-10,12-13,17H,11H2,1H3,(H2,24,27)(H,25,28). The molecule has 4 rings (SSSR count). The SMILES string of the molecule is CC(c1ccccc1)c1cc(C(N)=O)c(NC(=O)C2CC(=O)c3ccccc32)s1. The Hall–Kier alpha value is -3.25. The second-order valence-corrected chi connectivity index (χ2v) is 8.23. The molecule has 5 nitrogen and oxygen atoms in total. The van der Waals surface area contributed by atoms with E-state index in [0.717, 1.165) is 16.0 Å². The molecule has 1 aliphatic carbocycles. The zero-order valence-corrected chi connectivity index (χ0v) is 16.7. The van der Waals surface area contributed by atoms with Gasteiger partial charge in [0.15, 0.2) is 5.78 Å². The summed E-state index contributed by atoms with van der Waals surface area (Å²) in [5, 5.41) is 3.28. The summed E-state index contributed by atoms with van der Waals surface area (Å²) in [5.41, 5.74) is 8.27. The number of hydrogen-bond acceptors (Lipinski definition) is 4. The number of carbonyl (C=O) groups excluding carboxylic acids is 3. The number of anilines is 1. The van der Waals surface area contributed by atoms with Crippen molar-refractivity contribution in [1.82, 2.24) is 0 Å². The molecule has 146 valence electrons. The van der Waals surface area contributed by atoms with Crippen LogP contribution in [0.4, 0.5) is 5.00 Å². The molecule has 0 saturated carbocycles. The van der Waals surface area contributed by atoms with Gasteiger partial charge in [0.05, 0.1) is 11.5 Å². The topological polar surface area (TPSA) is 89.3 Å². The quantitative estimate of drug-likeness (QED) is 0.664. The third-order valence-electron chi connectivity index (χ3n) is 5.32. The molecule has 2 unspecified atom stereocenters. The molecular formula is C23H20N2O3S. The van der Waals surface area contributed by atoms with Crippen molar-refractivity contribution in [3.05, 3.63) is 87.8 Å². The van der Waals surface area contributed by atoms with Gasteiger partial charge in [-0.3, -0.25) is 14.4 Å². The maximum absolute atomic E-state index is 12.9. The number of thiophene rings is 1. The monoisotopic (exact) mass is 404 g/mol. The van der Waals surface area contributed by atoms with Gasteiger partial charge in [-0.2, -0.15) is 0 Å². The summed E-state index contributed by atoms with van der Waals surface area (Å²) in [4.78, 5) is 38.0. The molecule has 2 atom stereocenters. The van der Waals surface area contributed by atoms with Crippen molar-refractivity contribution in [2.75, 3.05) is 5.32 Å². The van der Waals surface area contributed by atoms with Gasteiger partial charge in [-0.1, -0.05) is 61.5 Å². The highest BCUT2D eigenvalue weighted by atomic mass is 32.1. The first-order valence-electron chi connectivity index (χ1n) is 9.37. The number of amides is 2. The Bertz CT molecular complexity index is 1100. The van der Waals surface area contributed by atoms with Crippen LogP contribution < -0.4 is 11.1 Å². The molecule has 1 aliphatic rings. The van der Waals surface area contributed by atoms with Crippen LogP contribution in [0.25, 0.3) is 0 Å². The minimum absolute atomic E-state index is 0.0413. The number of rotatable bonds is 5. The van der Waals surface area contributed by atoms with Crippen molar-refractivity contribution in [2.24, 2.45) is 5.73 Å². The molecule has 0 saturated heterocycles. The van der Waals surface area contributed by atoms with Crippen molar-refractivity contribution < 1.29 is 14.4 Å². The molecule has 1 aromatic heterocycles. The fourth-order valence-corrected chi connectivity index (χ4v) is 4.84. The van der Waals surface area contributed by atoms with Crippen molar-refractivity contribution in [3.8, 4) is 0 Å². The van der Waals surface area contributed by atoms with E-state index in [1.807, 2.05) is 43.3 Å². The number of ketones is 1. The largest absolute Gasteiger partial charge is 0.366 e. The van der Waals surface area contributed by atoms with Crippen LogP contribution >= 0.6 is 11.3 Å². The molecule has 0 bridgehead atoms. The lowest BCUT2D eigenvalue weighted by molar-refractivity contribution is -0.117. The molecule has 0 aliphatic heterocycles. The lowest BCUT2D eigenvalue weighted by Gasteiger charge is -2.11. The fourth-order valence-electron chi connectivity index (χ4n) is 3.70. The third-order valence-corrected chi connectivity index (χ3v) is 6.56. The van der Waals surface area contributed by atoms with Crippen LogP contribution in [0.5, 0.6) is 0 Å².